The molecule has 0 saturated carbocycles. The lowest BCUT2D eigenvalue weighted by molar-refractivity contribution is -0.118. The van der Waals surface area contributed by atoms with Gasteiger partial charge in [-0.05, 0) is 24.6 Å². The highest BCUT2D eigenvalue weighted by atomic mass is 16.1. The Morgan fingerprint density at radius 2 is 2.24 bits per heavy atom. The third kappa shape index (κ3) is 2.14. The maximum Gasteiger partial charge on any atom is 0.219 e. The molecule has 1 aromatic heterocycles. The van der Waals surface area contributed by atoms with Crippen molar-refractivity contribution in [2.45, 2.75) is 19.4 Å². The van der Waals surface area contributed by atoms with E-state index in [1.165, 1.54) is 0 Å². The molecular formula is C12H16N4O. The third-order valence-corrected chi connectivity index (χ3v) is 2.98. The standard InChI is InChI=1S/C12H16N4O/c1-7-15-10-5-8(9(13)6-12(14)17)3-4-11(10)16(7)2/h3-5,9H,6,13H2,1-2H3,(H2,14,17). The topological polar surface area (TPSA) is 86.9 Å². The summed E-state index contributed by atoms with van der Waals surface area (Å²) in [4.78, 5) is 15.3. The lowest BCUT2D eigenvalue weighted by Crippen LogP contribution is -2.20. The smallest absolute Gasteiger partial charge is 0.219 e. The molecule has 1 aromatic carbocycles. The molecule has 0 radical (unpaired) electrons. The summed E-state index contributed by atoms with van der Waals surface area (Å²) in [6, 6.07) is 5.43. The fraction of sp³-hybridized carbons (Fsp3) is 0.333. The highest BCUT2D eigenvalue weighted by Crippen LogP contribution is 2.21. The van der Waals surface area contributed by atoms with E-state index in [2.05, 4.69) is 4.98 Å². The van der Waals surface area contributed by atoms with Crippen LogP contribution in [-0.2, 0) is 11.8 Å². The maximum atomic E-state index is 10.8. The summed E-state index contributed by atoms with van der Waals surface area (Å²) < 4.78 is 2.01. The van der Waals surface area contributed by atoms with Crippen LogP contribution in [0.3, 0.4) is 0 Å². The zero-order valence-corrected chi connectivity index (χ0v) is 9.97. The van der Waals surface area contributed by atoms with E-state index in [1.54, 1.807) is 0 Å². The van der Waals surface area contributed by atoms with E-state index in [9.17, 15) is 4.79 Å². The van der Waals surface area contributed by atoms with Gasteiger partial charge in [-0.2, -0.15) is 0 Å². The second kappa shape index (κ2) is 4.18. The van der Waals surface area contributed by atoms with Crippen molar-refractivity contribution in [2.24, 2.45) is 18.5 Å². The molecule has 0 saturated heterocycles. The van der Waals surface area contributed by atoms with Crippen LogP contribution in [0.15, 0.2) is 18.2 Å². The van der Waals surface area contributed by atoms with Gasteiger partial charge in [-0.1, -0.05) is 6.07 Å². The number of rotatable bonds is 3. The molecule has 2 rings (SSSR count). The summed E-state index contributed by atoms with van der Waals surface area (Å²) in [5.41, 5.74) is 13.9. The fourth-order valence-electron chi connectivity index (χ4n) is 1.90. The molecule has 4 N–H and O–H groups in total. The summed E-state index contributed by atoms with van der Waals surface area (Å²) in [5, 5.41) is 0. The van der Waals surface area contributed by atoms with Crippen molar-refractivity contribution in [3.05, 3.63) is 29.6 Å². The van der Waals surface area contributed by atoms with Crippen molar-refractivity contribution < 1.29 is 4.79 Å². The molecule has 0 bridgehead atoms. The minimum atomic E-state index is -0.394. The zero-order valence-electron chi connectivity index (χ0n) is 9.97. The number of fused-ring (bicyclic) bond motifs is 1. The van der Waals surface area contributed by atoms with Gasteiger partial charge in [0, 0.05) is 19.5 Å². The molecule has 0 fully saturated rings. The van der Waals surface area contributed by atoms with Crippen LogP contribution in [0, 0.1) is 6.92 Å². The van der Waals surface area contributed by atoms with Crippen LogP contribution in [0.5, 0.6) is 0 Å². The van der Waals surface area contributed by atoms with Crippen molar-refractivity contribution >= 4 is 16.9 Å². The monoisotopic (exact) mass is 232 g/mol. The van der Waals surface area contributed by atoms with Gasteiger partial charge in [0.15, 0.2) is 0 Å². The maximum absolute atomic E-state index is 10.8. The fourth-order valence-corrected chi connectivity index (χ4v) is 1.90. The lowest BCUT2D eigenvalue weighted by atomic mass is 10.0. The molecule has 1 heterocycles. The molecule has 1 amide bonds. The van der Waals surface area contributed by atoms with E-state index in [-0.39, 0.29) is 12.5 Å². The number of primary amides is 1. The summed E-state index contributed by atoms with van der Waals surface area (Å²) in [6.45, 7) is 1.95. The molecule has 0 spiro atoms. The van der Waals surface area contributed by atoms with E-state index in [1.807, 2.05) is 36.7 Å². The number of hydrogen-bond donors (Lipinski definition) is 2. The number of aromatic nitrogens is 2. The average molecular weight is 232 g/mol. The lowest BCUT2D eigenvalue weighted by Gasteiger charge is -2.09. The second-order valence-electron chi connectivity index (χ2n) is 4.24. The van der Waals surface area contributed by atoms with Crippen molar-refractivity contribution in [3.63, 3.8) is 0 Å². The number of nitrogens with zero attached hydrogens (tertiary/aromatic N) is 2. The molecule has 0 aliphatic rings. The Kier molecular flexibility index (Phi) is 2.85. The van der Waals surface area contributed by atoms with E-state index in [0.717, 1.165) is 22.4 Å². The molecule has 5 heteroatoms. The normalized spacial score (nSPS) is 12.9. The largest absolute Gasteiger partial charge is 0.370 e. The van der Waals surface area contributed by atoms with Gasteiger partial charge in [-0.25, -0.2) is 4.98 Å². The predicted molar refractivity (Wildman–Crippen MR) is 66.2 cm³/mol. The summed E-state index contributed by atoms with van der Waals surface area (Å²) in [6.07, 6.45) is 0.150. The van der Waals surface area contributed by atoms with E-state index in [0.29, 0.717) is 0 Å². The van der Waals surface area contributed by atoms with Gasteiger partial charge in [-0.3, -0.25) is 4.79 Å². The van der Waals surface area contributed by atoms with Crippen LogP contribution in [0.2, 0.25) is 0 Å². The highest BCUT2D eigenvalue weighted by molar-refractivity contribution is 5.78. The van der Waals surface area contributed by atoms with Crippen LogP contribution in [0.25, 0.3) is 11.0 Å². The Labute approximate surface area is 99.4 Å². The van der Waals surface area contributed by atoms with Gasteiger partial charge in [-0.15, -0.1) is 0 Å². The Balaban J connectivity index is 2.41. The highest BCUT2D eigenvalue weighted by Gasteiger charge is 2.11. The van der Waals surface area contributed by atoms with E-state index < -0.39 is 5.91 Å². The SMILES string of the molecule is Cc1nc2cc(C(N)CC(N)=O)ccc2n1C. The molecule has 90 valence electrons. The first-order valence-corrected chi connectivity index (χ1v) is 5.46. The van der Waals surface area contributed by atoms with Gasteiger partial charge < -0.3 is 16.0 Å². The summed E-state index contributed by atoms with van der Waals surface area (Å²) >= 11 is 0. The van der Waals surface area contributed by atoms with Gasteiger partial charge >= 0.3 is 0 Å². The first-order chi connectivity index (χ1) is 7.99. The Morgan fingerprint density at radius 1 is 1.53 bits per heavy atom. The molecule has 1 atom stereocenters. The van der Waals surface area contributed by atoms with Gasteiger partial charge in [0.25, 0.3) is 0 Å². The molecule has 0 aliphatic carbocycles. The van der Waals surface area contributed by atoms with Crippen LogP contribution >= 0.6 is 0 Å². The molecule has 5 nitrogen and oxygen atoms in total. The number of hydrogen-bond acceptors (Lipinski definition) is 3. The van der Waals surface area contributed by atoms with Gasteiger partial charge in [0.05, 0.1) is 11.0 Å². The first kappa shape index (κ1) is 11.6. The van der Waals surface area contributed by atoms with E-state index >= 15 is 0 Å². The number of carbonyl (C=O) groups excluding carboxylic acids is 1. The number of carbonyl (C=O) groups is 1. The van der Waals surface area contributed by atoms with Crippen molar-refractivity contribution in [1.82, 2.24) is 9.55 Å². The van der Waals surface area contributed by atoms with Crippen LogP contribution in [-0.4, -0.2) is 15.5 Å². The molecule has 2 aromatic rings. The third-order valence-electron chi connectivity index (χ3n) is 2.98. The Hall–Kier alpha value is -1.88. The summed E-state index contributed by atoms with van der Waals surface area (Å²) in [5.74, 6) is 0.551. The van der Waals surface area contributed by atoms with Crippen LogP contribution in [0.1, 0.15) is 23.9 Å². The molecule has 0 aliphatic heterocycles. The summed E-state index contributed by atoms with van der Waals surface area (Å²) in [7, 11) is 1.97. The number of benzene rings is 1. The number of aryl methyl sites for hydroxylation is 2. The first-order valence-electron chi connectivity index (χ1n) is 5.46. The Bertz CT molecular complexity index is 573. The van der Waals surface area contributed by atoms with E-state index in [4.69, 9.17) is 11.5 Å². The molecular weight excluding hydrogens is 216 g/mol. The van der Waals surface area contributed by atoms with Crippen LogP contribution in [0.4, 0.5) is 0 Å². The molecule has 17 heavy (non-hydrogen) atoms. The number of amides is 1. The minimum absolute atomic E-state index is 0.150. The van der Waals surface area contributed by atoms with Crippen molar-refractivity contribution in [3.8, 4) is 0 Å². The van der Waals surface area contributed by atoms with Gasteiger partial charge in [0.2, 0.25) is 5.91 Å². The predicted octanol–water partition coefficient (Wildman–Crippen LogP) is 0.757. The quantitative estimate of drug-likeness (QED) is 0.818. The zero-order chi connectivity index (χ0) is 12.6. The van der Waals surface area contributed by atoms with Crippen molar-refractivity contribution in [2.75, 3.05) is 0 Å². The average Bonchev–Trinajstić information content (AvgIpc) is 2.53. The van der Waals surface area contributed by atoms with Gasteiger partial charge in [0.1, 0.15) is 5.82 Å². The second-order valence-corrected chi connectivity index (χ2v) is 4.24. The Morgan fingerprint density at radius 3 is 2.88 bits per heavy atom. The van der Waals surface area contributed by atoms with Crippen molar-refractivity contribution in [1.29, 1.82) is 0 Å². The number of nitrogens with two attached hydrogens (primary N) is 2. The molecule has 1 unspecified atom stereocenters. The number of imidazole rings is 1. The van der Waals surface area contributed by atoms with Crippen LogP contribution < -0.4 is 11.5 Å². The minimum Gasteiger partial charge on any atom is -0.370 e.